The fraction of sp³-hybridized carbons (Fsp3) is 0.133. The molecule has 2 aromatic heterocycles. The minimum atomic E-state index is -4.54. The molecule has 0 N–H and O–H groups in total. The number of hydrogen-bond acceptors (Lipinski definition) is 4. The number of methoxy groups -OCH3 is 1. The summed E-state index contributed by atoms with van der Waals surface area (Å²) in [6.45, 7) is 0. The van der Waals surface area contributed by atoms with Crippen molar-refractivity contribution in [2.75, 3.05) is 7.11 Å². The van der Waals surface area contributed by atoms with Crippen molar-refractivity contribution in [1.29, 1.82) is 0 Å². The highest BCUT2D eigenvalue weighted by molar-refractivity contribution is 6.30. The van der Waals surface area contributed by atoms with Crippen LogP contribution in [-0.4, -0.2) is 26.9 Å². The second kappa shape index (κ2) is 6.12. The Morgan fingerprint density at radius 3 is 2.38 bits per heavy atom. The molecular weight excluding hydrogens is 345 g/mol. The van der Waals surface area contributed by atoms with E-state index in [4.69, 9.17) is 16.3 Å². The average molecular weight is 355 g/mol. The quantitative estimate of drug-likeness (QED) is 0.713. The summed E-state index contributed by atoms with van der Waals surface area (Å²) in [5.41, 5.74) is 0.157. The van der Waals surface area contributed by atoms with Gasteiger partial charge in [0, 0.05) is 22.8 Å². The van der Waals surface area contributed by atoms with Crippen LogP contribution in [0.5, 0.6) is 5.88 Å². The summed E-state index contributed by atoms with van der Waals surface area (Å²) < 4.78 is 44.1. The second-order valence-electron chi connectivity index (χ2n) is 4.75. The molecule has 9 heteroatoms. The van der Waals surface area contributed by atoms with Crippen molar-refractivity contribution in [1.82, 2.24) is 19.7 Å². The SMILES string of the molecule is COc1cc(-c2ccc(Cl)cc2)nc(-n2ccc(C(F)(F)F)n2)n1. The number of benzene rings is 1. The van der Waals surface area contributed by atoms with E-state index in [2.05, 4.69) is 15.1 Å². The van der Waals surface area contributed by atoms with E-state index < -0.39 is 11.9 Å². The van der Waals surface area contributed by atoms with E-state index in [-0.39, 0.29) is 11.8 Å². The third-order valence-corrected chi connectivity index (χ3v) is 3.38. The molecule has 0 unspecified atom stereocenters. The third-order valence-electron chi connectivity index (χ3n) is 3.12. The first-order valence-corrected chi connectivity index (χ1v) is 7.07. The smallest absolute Gasteiger partial charge is 0.435 e. The first-order valence-electron chi connectivity index (χ1n) is 6.69. The van der Waals surface area contributed by atoms with E-state index in [0.29, 0.717) is 16.3 Å². The van der Waals surface area contributed by atoms with Crippen LogP contribution in [0.3, 0.4) is 0 Å². The van der Waals surface area contributed by atoms with Crippen LogP contribution < -0.4 is 4.74 Å². The van der Waals surface area contributed by atoms with Crippen LogP contribution in [0.25, 0.3) is 17.2 Å². The first kappa shape index (κ1) is 16.3. The highest BCUT2D eigenvalue weighted by Crippen LogP contribution is 2.28. The van der Waals surface area contributed by atoms with Gasteiger partial charge in [-0.3, -0.25) is 0 Å². The molecule has 0 bridgehead atoms. The van der Waals surface area contributed by atoms with Gasteiger partial charge in [0.2, 0.25) is 5.88 Å². The highest BCUT2D eigenvalue weighted by Gasteiger charge is 2.33. The lowest BCUT2D eigenvalue weighted by Gasteiger charge is -2.08. The zero-order valence-electron chi connectivity index (χ0n) is 12.3. The largest absolute Gasteiger partial charge is 0.481 e. The molecule has 5 nitrogen and oxygen atoms in total. The van der Waals surface area contributed by atoms with Crippen LogP contribution in [0.1, 0.15) is 5.69 Å². The molecule has 0 atom stereocenters. The van der Waals surface area contributed by atoms with Crippen LogP contribution >= 0.6 is 11.6 Å². The van der Waals surface area contributed by atoms with Gasteiger partial charge < -0.3 is 4.74 Å². The molecule has 2 heterocycles. The Kier molecular flexibility index (Phi) is 4.15. The highest BCUT2D eigenvalue weighted by atomic mass is 35.5. The number of rotatable bonds is 3. The summed E-state index contributed by atoms with van der Waals surface area (Å²) in [5, 5.41) is 4.02. The number of alkyl halides is 3. The van der Waals surface area contributed by atoms with Crippen molar-refractivity contribution in [2.45, 2.75) is 6.18 Å². The van der Waals surface area contributed by atoms with E-state index in [9.17, 15) is 13.2 Å². The van der Waals surface area contributed by atoms with Crippen molar-refractivity contribution < 1.29 is 17.9 Å². The standard InChI is InChI=1S/C15H10ClF3N4O/c1-24-13-8-11(9-2-4-10(16)5-3-9)20-14(21-13)23-7-6-12(22-23)15(17,18)19/h2-8H,1H3. The van der Waals surface area contributed by atoms with Crippen LogP contribution in [-0.2, 0) is 6.18 Å². The average Bonchev–Trinajstić information content (AvgIpc) is 3.05. The summed E-state index contributed by atoms with van der Waals surface area (Å²) in [4.78, 5) is 8.28. The van der Waals surface area contributed by atoms with Gasteiger partial charge in [-0.1, -0.05) is 23.7 Å². The van der Waals surface area contributed by atoms with Crippen molar-refractivity contribution >= 4 is 11.6 Å². The molecule has 0 fully saturated rings. The molecule has 0 amide bonds. The topological polar surface area (TPSA) is 52.8 Å². The van der Waals surface area contributed by atoms with Gasteiger partial charge in [-0.2, -0.15) is 23.3 Å². The van der Waals surface area contributed by atoms with Gasteiger partial charge in [0.05, 0.1) is 12.8 Å². The van der Waals surface area contributed by atoms with Crippen molar-refractivity contribution in [2.24, 2.45) is 0 Å². The molecule has 0 spiro atoms. The van der Waals surface area contributed by atoms with E-state index in [1.54, 1.807) is 30.3 Å². The van der Waals surface area contributed by atoms with Gasteiger partial charge in [0.15, 0.2) is 5.69 Å². The Labute approximate surface area is 139 Å². The van der Waals surface area contributed by atoms with Gasteiger partial charge in [-0.15, -0.1) is 0 Å². The zero-order valence-corrected chi connectivity index (χ0v) is 13.0. The molecule has 0 aliphatic rings. The summed E-state index contributed by atoms with van der Waals surface area (Å²) >= 11 is 5.85. The van der Waals surface area contributed by atoms with E-state index in [1.807, 2.05) is 0 Å². The van der Waals surface area contributed by atoms with Crippen LogP contribution in [0.4, 0.5) is 13.2 Å². The molecule has 0 saturated carbocycles. The monoisotopic (exact) mass is 354 g/mol. The Balaban J connectivity index is 2.07. The molecule has 124 valence electrons. The molecule has 0 radical (unpaired) electrons. The summed E-state index contributed by atoms with van der Waals surface area (Å²) in [6.07, 6.45) is -3.40. The second-order valence-corrected chi connectivity index (χ2v) is 5.18. The van der Waals surface area contributed by atoms with Crippen LogP contribution in [0.2, 0.25) is 5.02 Å². The van der Waals surface area contributed by atoms with Crippen molar-refractivity contribution in [3.63, 3.8) is 0 Å². The number of ether oxygens (including phenoxy) is 1. The van der Waals surface area contributed by atoms with Crippen molar-refractivity contribution in [3.05, 3.63) is 53.3 Å². The molecule has 1 aromatic carbocycles. The predicted octanol–water partition coefficient (Wildman–Crippen LogP) is 4.01. The minimum Gasteiger partial charge on any atom is -0.481 e. The van der Waals surface area contributed by atoms with Crippen LogP contribution in [0.15, 0.2) is 42.6 Å². The summed E-state index contributed by atoms with van der Waals surface area (Å²) in [6, 6.07) is 9.25. The molecule has 3 rings (SSSR count). The van der Waals surface area contributed by atoms with E-state index in [0.717, 1.165) is 16.9 Å². The number of hydrogen-bond donors (Lipinski definition) is 0. The summed E-state index contributed by atoms with van der Waals surface area (Å²) in [5.74, 6) is 0.170. The fourth-order valence-electron chi connectivity index (χ4n) is 1.97. The molecule has 3 aromatic rings. The number of nitrogens with zero attached hydrogens (tertiary/aromatic N) is 4. The Hall–Kier alpha value is -2.61. The normalized spacial score (nSPS) is 11.5. The van der Waals surface area contributed by atoms with Gasteiger partial charge in [0.25, 0.3) is 5.95 Å². The van der Waals surface area contributed by atoms with Gasteiger partial charge in [0.1, 0.15) is 0 Å². The van der Waals surface area contributed by atoms with E-state index in [1.165, 1.54) is 7.11 Å². The first-order chi connectivity index (χ1) is 11.4. The van der Waals surface area contributed by atoms with Gasteiger partial charge >= 0.3 is 6.18 Å². The lowest BCUT2D eigenvalue weighted by Crippen LogP contribution is -2.09. The molecule has 0 aliphatic heterocycles. The Morgan fingerprint density at radius 2 is 1.79 bits per heavy atom. The van der Waals surface area contributed by atoms with E-state index >= 15 is 0 Å². The maximum Gasteiger partial charge on any atom is 0.435 e. The number of halogens is 4. The molecular formula is C15H10ClF3N4O. The maximum atomic E-state index is 12.7. The minimum absolute atomic E-state index is 0.0326. The molecule has 24 heavy (non-hydrogen) atoms. The predicted molar refractivity (Wildman–Crippen MR) is 81.2 cm³/mol. The maximum absolute atomic E-state index is 12.7. The van der Waals surface area contributed by atoms with Gasteiger partial charge in [-0.05, 0) is 18.2 Å². The Bertz CT molecular complexity index is 862. The molecule has 0 saturated heterocycles. The molecule has 0 aliphatic carbocycles. The zero-order chi connectivity index (χ0) is 17.3. The van der Waals surface area contributed by atoms with Gasteiger partial charge in [-0.25, -0.2) is 9.67 Å². The summed E-state index contributed by atoms with van der Waals surface area (Å²) in [7, 11) is 1.40. The Morgan fingerprint density at radius 1 is 1.08 bits per heavy atom. The van der Waals surface area contributed by atoms with Crippen molar-refractivity contribution in [3.8, 4) is 23.1 Å². The lowest BCUT2D eigenvalue weighted by atomic mass is 10.1. The van der Waals surface area contributed by atoms with Crippen LogP contribution in [0, 0.1) is 0 Å². The number of aromatic nitrogens is 4. The third kappa shape index (κ3) is 3.33. The lowest BCUT2D eigenvalue weighted by molar-refractivity contribution is -0.141. The fourth-order valence-corrected chi connectivity index (χ4v) is 2.10.